The van der Waals surface area contributed by atoms with E-state index in [1.165, 1.54) is 28.4 Å². The van der Waals surface area contributed by atoms with Crippen LogP contribution in [0.25, 0.3) is 0 Å². The van der Waals surface area contributed by atoms with Crippen molar-refractivity contribution in [2.24, 2.45) is 10.2 Å². The van der Waals surface area contributed by atoms with Crippen molar-refractivity contribution in [1.82, 2.24) is 0 Å². The second-order valence-corrected chi connectivity index (χ2v) is 6.26. The van der Waals surface area contributed by atoms with Gasteiger partial charge in [0.1, 0.15) is 0 Å². The first kappa shape index (κ1) is 22.9. The fraction of sp³-hybridized carbons (Fsp3) is 0.364. The molecule has 30 heavy (non-hydrogen) atoms. The Labute approximate surface area is 176 Å². The zero-order valence-electron chi connectivity index (χ0n) is 18.1. The monoisotopic (exact) mass is 416 g/mol. The molecule has 0 bridgehead atoms. The molecule has 0 saturated heterocycles. The molecule has 0 spiro atoms. The van der Waals surface area contributed by atoms with Crippen molar-refractivity contribution in [3.63, 3.8) is 0 Å². The van der Waals surface area contributed by atoms with Crippen molar-refractivity contribution in [2.75, 3.05) is 28.4 Å². The highest BCUT2D eigenvalue weighted by Gasteiger charge is 2.16. The van der Waals surface area contributed by atoms with E-state index in [4.69, 9.17) is 18.9 Å². The maximum atomic E-state index is 10.1. The number of phenols is 2. The second-order valence-electron chi connectivity index (χ2n) is 6.26. The summed E-state index contributed by atoms with van der Waals surface area (Å²) < 4.78 is 20.9. The molecule has 0 aliphatic heterocycles. The van der Waals surface area contributed by atoms with E-state index in [0.29, 0.717) is 47.3 Å². The van der Waals surface area contributed by atoms with Crippen LogP contribution in [0, 0.1) is 0 Å². The van der Waals surface area contributed by atoms with Gasteiger partial charge in [-0.25, -0.2) is 0 Å². The van der Waals surface area contributed by atoms with E-state index in [0.717, 1.165) is 11.1 Å². The van der Waals surface area contributed by atoms with Gasteiger partial charge in [-0.05, 0) is 37.1 Å². The third-order valence-corrected chi connectivity index (χ3v) is 4.59. The molecule has 0 atom stereocenters. The van der Waals surface area contributed by atoms with Crippen LogP contribution in [0.3, 0.4) is 0 Å². The minimum atomic E-state index is -0.0692. The fourth-order valence-electron chi connectivity index (χ4n) is 2.91. The molecule has 162 valence electrons. The summed E-state index contributed by atoms with van der Waals surface area (Å²) in [5.41, 5.74) is 2.83. The van der Waals surface area contributed by atoms with Crippen LogP contribution in [-0.2, 0) is 0 Å². The molecule has 0 aromatic heterocycles. The Kier molecular flexibility index (Phi) is 7.91. The minimum Gasteiger partial charge on any atom is -0.502 e. The molecule has 0 radical (unpaired) electrons. The van der Waals surface area contributed by atoms with Gasteiger partial charge in [-0.15, -0.1) is 0 Å². The van der Waals surface area contributed by atoms with Gasteiger partial charge >= 0.3 is 0 Å². The quantitative estimate of drug-likeness (QED) is 0.470. The van der Waals surface area contributed by atoms with Crippen molar-refractivity contribution in [1.29, 1.82) is 0 Å². The van der Waals surface area contributed by atoms with Gasteiger partial charge < -0.3 is 29.2 Å². The Balaban J connectivity index is 2.54. The first-order chi connectivity index (χ1) is 14.4. The van der Waals surface area contributed by atoms with Gasteiger partial charge in [0.15, 0.2) is 23.0 Å². The van der Waals surface area contributed by atoms with E-state index >= 15 is 0 Å². The van der Waals surface area contributed by atoms with Crippen LogP contribution in [0.2, 0.25) is 0 Å². The van der Waals surface area contributed by atoms with Crippen LogP contribution in [0.5, 0.6) is 34.5 Å². The third kappa shape index (κ3) is 4.76. The molecule has 8 heteroatoms. The van der Waals surface area contributed by atoms with Crippen molar-refractivity contribution in [3.05, 3.63) is 35.4 Å². The Morgan fingerprint density at radius 2 is 0.900 bits per heavy atom. The van der Waals surface area contributed by atoms with Crippen LogP contribution in [0.15, 0.2) is 34.5 Å². The Morgan fingerprint density at radius 3 is 1.10 bits per heavy atom. The molecule has 0 unspecified atom stereocenters. The molecular formula is C22H28N2O6. The van der Waals surface area contributed by atoms with Gasteiger partial charge in [0.2, 0.25) is 11.5 Å². The molecule has 0 aliphatic rings. The van der Waals surface area contributed by atoms with E-state index in [2.05, 4.69) is 10.2 Å². The zero-order chi connectivity index (χ0) is 22.3. The fourth-order valence-corrected chi connectivity index (χ4v) is 2.91. The summed E-state index contributed by atoms with van der Waals surface area (Å²) in [6, 6.07) is 6.75. The number of hydrogen-bond donors (Lipinski definition) is 2. The number of methoxy groups -OCH3 is 4. The van der Waals surface area contributed by atoms with E-state index in [9.17, 15) is 10.2 Å². The summed E-state index contributed by atoms with van der Waals surface area (Å²) in [6.45, 7) is 3.91. The van der Waals surface area contributed by atoms with E-state index in [1.54, 1.807) is 24.3 Å². The predicted molar refractivity (Wildman–Crippen MR) is 116 cm³/mol. The lowest BCUT2D eigenvalue weighted by Crippen LogP contribution is -2.04. The number of hydrogen-bond acceptors (Lipinski definition) is 8. The van der Waals surface area contributed by atoms with Gasteiger partial charge in [-0.1, -0.05) is 13.8 Å². The van der Waals surface area contributed by atoms with Crippen molar-refractivity contribution in [3.8, 4) is 34.5 Å². The van der Waals surface area contributed by atoms with E-state index in [-0.39, 0.29) is 11.5 Å². The topological polar surface area (TPSA) is 102 Å². The molecule has 8 nitrogen and oxygen atoms in total. The largest absolute Gasteiger partial charge is 0.502 e. The number of phenolic OH excluding ortho intramolecular Hbond substituents is 2. The second kappa shape index (κ2) is 10.4. The highest BCUT2D eigenvalue weighted by Crippen LogP contribution is 2.38. The van der Waals surface area contributed by atoms with Gasteiger partial charge in [-0.2, -0.15) is 10.2 Å². The van der Waals surface area contributed by atoms with Crippen molar-refractivity contribution in [2.45, 2.75) is 26.7 Å². The Morgan fingerprint density at radius 1 is 0.633 bits per heavy atom. The number of ether oxygens (including phenoxy) is 4. The molecule has 0 fully saturated rings. The summed E-state index contributed by atoms with van der Waals surface area (Å²) in [5, 5.41) is 29.1. The number of aromatic hydroxyl groups is 2. The molecule has 2 N–H and O–H groups in total. The van der Waals surface area contributed by atoms with Gasteiger partial charge in [0, 0.05) is 11.1 Å². The number of nitrogens with zero attached hydrogens (tertiary/aromatic N) is 2. The lowest BCUT2D eigenvalue weighted by Gasteiger charge is -2.12. The molecule has 2 aromatic rings. The van der Waals surface area contributed by atoms with E-state index < -0.39 is 0 Å². The predicted octanol–water partition coefficient (Wildman–Crippen LogP) is 4.15. The summed E-state index contributed by atoms with van der Waals surface area (Å²) >= 11 is 0. The summed E-state index contributed by atoms with van der Waals surface area (Å²) in [5.74, 6) is 1.02. The van der Waals surface area contributed by atoms with Crippen molar-refractivity contribution < 1.29 is 29.2 Å². The average molecular weight is 416 g/mol. The minimum absolute atomic E-state index is 0.0692. The summed E-state index contributed by atoms with van der Waals surface area (Å²) in [7, 11) is 5.89. The average Bonchev–Trinajstić information content (AvgIpc) is 2.77. The van der Waals surface area contributed by atoms with Crippen LogP contribution in [0.4, 0.5) is 0 Å². The van der Waals surface area contributed by atoms with E-state index in [1.807, 2.05) is 13.8 Å². The maximum absolute atomic E-state index is 10.1. The molecule has 0 amide bonds. The lowest BCUT2D eigenvalue weighted by atomic mass is 10.1. The molecule has 0 saturated carbocycles. The lowest BCUT2D eigenvalue weighted by molar-refractivity contribution is 0.340. The first-order valence-corrected chi connectivity index (χ1v) is 9.47. The van der Waals surface area contributed by atoms with Crippen LogP contribution in [-0.4, -0.2) is 50.1 Å². The smallest absolute Gasteiger partial charge is 0.200 e. The molecular weight excluding hydrogens is 388 g/mol. The van der Waals surface area contributed by atoms with Gasteiger partial charge in [0.25, 0.3) is 0 Å². The van der Waals surface area contributed by atoms with Crippen LogP contribution < -0.4 is 18.9 Å². The molecule has 2 rings (SSSR count). The summed E-state index contributed by atoms with van der Waals surface area (Å²) in [4.78, 5) is 0. The third-order valence-electron chi connectivity index (χ3n) is 4.59. The standard InChI is InChI=1S/C22H28N2O6/c1-7-15(13-9-17(27-3)21(25)18(10-13)28-4)23-24-16(8-2)14-11-19(29-5)22(26)20(12-14)30-6/h9-12,25-26H,7-8H2,1-6H3. The normalized spacial score (nSPS) is 11.9. The highest BCUT2D eigenvalue weighted by molar-refractivity contribution is 6.04. The molecule has 2 aromatic carbocycles. The Bertz CT molecular complexity index is 825. The summed E-state index contributed by atoms with van der Waals surface area (Å²) in [6.07, 6.45) is 1.19. The molecule has 0 aliphatic carbocycles. The van der Waals surface area contributed by atoms with Crippen molar-refractivity contribution >= 4 is 11.4 Å². The highest BCUT2D eigenvalue weighted by atomic mass is 16.5. The number of rotatable bonds is 9. The van der Waals surface area contributed by atoms with Crippen LogP contribution >= 0.6 is 0 Å². The zero-order valence-corrected chi connectivity index (χ0v) is 18.1. The molecule has 0 heterocycles. The van der Waals surface area contributed by atoms with Gasteiger partial charge in [0.05, 0.1) is 39.9 Å². The first-order valence-electron chi connectivity index (χ1n) is 9.47. The Hall–Kier alpha value is -3.42. The SMILES string of the molecule is CCC(=NN=C(CC)c1cc(OC)c(O)c(OC)c1)c1cc(OC)c(O)c(OC)c1. The van der Waals surface area contributed by atoms with Gasteiger partial charge in [-0.3, -0.25) is 0 Å². The number of benzene rings is 2. The van der Waals surface area contributed by atoms with Crippen LogP contribution in [0.1, 0.15) is 37.8 Å². The maximum Gasteiger partial charge on any atom is 0.200 e.